The molecule has 8 nitrogen and oxygen atoms in total. The van der Waals surface area contributed by atoms with Gasteiger partial charge in [0.1, 0.15) is 26.4 Å². The quantitative estimate of drug-likeness (QED) is 0.756. The Morgan fingerprint density at radius 3 is 1.53 bits per heavy atom. The molecule has 2 atom stereocenters. The number of amides is 2. The van der Waals surface area contributed by atoms with E-state index in [2.05, 4.69) is 17.2 Å². The molecule has 0 radical (unpaired) electrons. The number of carbonyl (C=O) groups excluding carboxylic acids is 2. The first kappa shape index (κ1) is 18.4. The van der Waals surface area contributed by atoms with Gasteiger partial charge in [-0.2, -0.15) is 0 Å². The van der Waals surface area contributed by atoms with Crippen LogP contribution in [-0.4, -0.2) is 38.2 Å². The second-order valence-electron chi connectivity index (χ2n) is 7.23. The zero-order chi connectivity index (χ0) is 20.7. The molecule has 154 valence electrons. The number of nitrogens with one attached hydrogen (secondary N) is 2. The van der Waals surface area contributed by atoms with E-state index in [0.717, 1.165) is 0 Å². The van der Waals surface area contributed by atoms with Gasteiger partial charge in [0.25, 0.3) is 0 Å². The molecule has 1 saturated carbocycles. The third kappa shape index (κ3) is 3.41. The van der Waals surface area contributed by atoms with Crippen LogP contribution >= 0.6 is 0 Å². The molecule has 2 aromatic carbocycles. The number of anilines is 2. The van der Waals surface area contributed by atoms with Crippen molar-refractivity contribution in [2.24, 2.45) is 11.8 Å². The first-order chi connectivity index (χ1) is 14.6. The number of fused-ring (bicyclic) bond motifs is 2. The average molecular weight is 408 g/mol. The van der Waals surface area contributed by atoms with Crippen molar-refractivity contribution in [3.8, 4) is 23.0 Å². The van der Waals surface area contributed by atoms with Crippen LogP contribution in [0.15, 0.2) is 48.6 Å². The Kier molecular flexibility index (Phi) is 4.46. The summed E-state index contributed by atoms with van der Waals surface area (Å²) in [6, 6.07) is 10.4. The normalized spacial score (nSPS) is 20.9. The summed E-state index contributed by atoms with van der Waals surface area (Å²) in [5, 5.41) is 5.64. The second kappa shape index (κ2) is 7.29. The third-order valence-electron chi connectivity index (χ3n) is 5.21. The molecule has 2 heterocycles. The van der Waals surface area contributed by atoms with Gasteiger partial charge >= 0.3 is 0 Å². The standard InChI is InChI=1S/C22H20N2O6/c1-12-19(21(25)23-13-2-4-15-17(10-13)29-8-6-27-15)20(12)22(26)24-14-3-5-16-18(11-14)30-9-7-28-16/h2-5,10-11,19-20H,1,6-9H2,(H,23,25)(H,24,26)/t19-,20-/m1/s1. The van der Waals surface area contributed by atoms with Crippen LogP contribution in [0.4, 0.5) is 11.4 Å². The molecular weight excluding hydrogens is 388 g/mol. The van der Waals surface area contributed by atoms with Crippen molar-refractivity contribution >= 4 is 23.2 Å². The molecular formula is C22H20N2O6. The molecule has 2 amide bonds. The largest absolute Gasteiger partial charge is 0.486 e. The van der Waals surface area contributed by atoms with Gasteiger partial charge in [-0.1, -0.05) is 12.2 Å². The summed E-state index contributed by atoms with van der Waals surface area (Å²) in [5.41, 5.74) is 1.74. The number of ether oxygens (including phenoxy) is 4. The lowest BCUT2D eigenvalue weighted by Crippen LogP contribution is -2.21. The van der Waals surface area contributed by atoms with Crippen LogP contribution in [0.5, 0.6) is 23.0 Å². The van der Waals surface area contributed by atoms with Crippen LogP contribution in [0.1, 0.15) is 0 Å². The maximum absolute atomic E-state index is 12.7. The highest BCUT2D eigenvalue weighted by molar-refractivity contribution is 6.08. The molecule has 0 unspecified atom stereocenters. The van der Waals surface area contributed by atoms with Crippen LogP contribution in [0, 0.1) is 11.8 Å². The number of hydrogen-bond acceptors (Lipinski definition) is 6. The fourth-order valence-corrected chi connectivity index (χ4v) is 3.64. The Morgan fingerprint density at radius 1 is 0.700 bits per heavy atom. The average Bonchev–Trinajstić information content (AvgIpc) is 3.45. The number of benzene rings is 2. The van der Waals surface area contributed by atoms with Crippen molar-refractivity contribution < 1.29 is 28.5 Å². The molecule has 8 heteroatoms. The molecule has 1 aliphatic carbocycles. The van der Waals surface area contributed by atoms with Gasteiger partial charge in [-0.25, -0.2) is 0 Å². The predicted octanol–water partition coefficient (Wildman–Crippen LogP) is 2.61. The lowest BCUT2D eigenvalue weighted by molar-refractivity contribution is -0.122. The molecule has 1 fully saturated rings. The number of carbonyl (C=O) groups is 2. The van der Waals surface area contributed by atoms with Crippen molar-refractivity contribution in [2.75, 3.05) is 37.1 Å². The van der Waals surface area contributed by atoms with Gasteiger partial charge in [-0.3, -0.25) is 9.59 Å². The first-order valence-corrected chi connectivity index (χ1v) is 9.70. The van der Waals surface area contributed by atoms with Crippen molar-refractivity contribution in [1.82, 2.24) is 0 Å². The maximum atomic E-state index is 12.7. The van der Waals surface area contributed by atoms with E-state index < -0.39 is 11.8 Å². The van der Waals surface area contributed by atoms with Crippen molar-refractivity contribution in [2.45, 2.75) is 0 Å². The maximum Gasteiger partial charge on any atom is 0.232 e. The summed E-state index contributed by atoms with van der Waals surface area (Å²) in [6.07, 6.45) is 0. The minimum atomic E-state index is -0.574. The second-order valence-corrected chi connectivity index (χ2v) is 7.23. The van der Waals surface area contributed by atoms with E-state index in [0.29, 0.717) is 66.4 Å². The summed E-state index contributed by atoms with van der Waals surface area (Å²) >= 11 is 0. The Hall–Kier alpha value is -3.68. The minimum absolute atomic E-state index is 0.279. The molecule has 0 spiro atoms. The first-order valence-electron chi connectivity index (χ1n) is 9.70. The molecule has 5 rings (SSSR count). The van der Waals surface area contributed by atoms with Gasteiger partial charge < -0.3 is 29.6 Å². The monoisotopic (exact) mass is 408 g/mol. The number of hydrogen-bond donors (Lipinski definition) is 2. The molecule has 0 bridgehead atoms. The highest BCUT2D eigenvalue weighted by atomic mass is 16.6. The fraction of sp³-hybridized carbons (Fsp3) is 0.273. The summed E-state index contributed by atoms with van der Waals surface area (Å²) in [6.45, 7) is 5.81. The SMILES string of the molecule is C=C1[C@@H](C(=O)Nc2ccc3c(c2)OCCO3)[C@@H]1C(=O)Nc1ccc2c(c1)OCCO2. The summed E-state index contributed by atoms with van der Waals surface area (Å²) < 4.78 is 22.0. The van der Waals surface area contributed by atoms with E-state index in [1.807, 2.05) is 0 Å². The van der Waals surface area contributed by atoms with Gasteiger partial charge in [0.2, 0.25) is 11.8 Å². The summed E-state index contributed by atoms with van der Waals surface area (Å²) in [5.74, 6) is 0.755. The zero-order valence-electron chi connectivity index (χ0n) is 16.1. The fourth-order valence-electron chi connectivity index (χ4n) is 3.64. The molecule has 2 aliphatic heterocycles. The van der Waals surface area contributed by atoms with E-state index in [1.54, 1.807) is 36.4 Å². The highest BCUT2D eigenvalue weighted by Gasteiger charge is 2.52. The van der Waals surface area contributed by atoms with Gasteiger partial charge in [-0.05, 0) is 24.3 Å². The Balaban J connectivity index is 1.22. The Morgan fingerprint density at radius 2 is 1.10 bits per heavy atom. The van der Waals surface area contributed by atoms with Crippen LogP contribution in [-0.2, 0) is 9.59 Å². The molecule has 2 aromatic rings. The van der Waals surface area contributed by atoms with E-state index in [-0.39, 0.29) is 11.8 Å². The predicted molar refractivity (Wildman–Crippen MR) is 108 cm³/mol. The van der Waals surface area contributed by atoms with Gasteiger partial charge in [0.05, 0.1) is 11.8 Å². The lowest BCUT2D eigenvalue weighted by atomic mass is 10.2. The topological polar surface area (TPSA) is 95.1 Å². The van der Waals surface area contributed by atoms with Crippen molar-refractivity contribution in [3.05, 3.63) is 48.6 Å². The summed E-state index contributed by atoms with van der Waals surface area (Å²) in [4.78, 5) is 25.3. The number of rotatable bonds is 4. The van der Waals surface area contributed by atoms with Gasteiger partial charge in [0, 0.05) is 23.5 Å². The Bertz CT molecular complexity index is 968. The van der Waals surface area contributed by atoms with E-state index in [1.165, 1.54) is 0 Å². The molecule has 0 aromatic heterocycles. The zero-order valence-corrected chi connectivity index (χ0v) is 16.1. The van der Waals surface area contributed by atoms with Crippen molar-refractivity contribution in [1.29, 1.82) is 0 Å². The van der Waals surface area contributed by atoms with Crippen LogP contribution in [0.25, 0.3) is 0 Å². The minimum Gasteiger partial charge on any atom is -0.486 e. The molecule has 3 aliphatic rings. The molecule has 2 N–H and O–H groups in total. The highest BCUT2D eigenvalue weighted by Crippen LogP contribution is 2.46. The Labute approximate surface area is 172 Å². The van der Waals surface area contributed by atoms with Crippen LogP contribution in [0.2, 0.25) is 0 Å². The van der Waals surface area contributed by atoms with Crippen LogP contribution in [0.3, 0.4) is 0 Å². The molecule has 0 saturated heterocycles. The summed E-state index contributed by atoms with van der Waals surface area (Å²) in [7, 11) is 0. The van der Waals surface area contributed by atoms with Crippen LogP contribution < -0.4 is 29.6 Å². The third-order valence-corrected chi connectivity index (χ3v) is 5.21. The van der Waals surface area contributed by atoms with Gasteiger partial charge in [0.15, 0.2) is 23.0 Å². The smallest absolute Gasteiger partial charge is 0.232 e. The van der Waals surface area contributed by atoms with Crippen molar-refractivity contribution in [3.63, 3.8) is 0 Å². The van der Waals surface area contributed by atoms with Gasteiger partial charge in [-0.15, -0.1) is 0 Å². The molecule has 30 heavy (non-hydrogen) atoms. The van der Waals surface area contributed by atoms with E-state index in [4.69, 9.17) is 18.9 Å². The lowest BCUT2D eigenvalue weighted by Gasteiger charge is -2.19. The van der Waals surface area contributed by atoms with E-state index in [9.17, 15) is 9.59 Å². The van der Waals surface area contributed by atoms with E-state index >= 15 is 0 Å².